The molecule has 1 heterocycles. The SMILES string of the molecule is CS(=O)(=O)c1ccc(C2CCCN2)cc1Br. The Balaban J connectivity index is 2.36. The van der Waals surface area contributed by atoms with E-state index in [0.717, 1.165) is 18.5 Å². The normalized spacial score (nSPS) is 21.2. The number of hydrogen-bond acceptors (Lipinski definition) is 3. The van der Waals surface area contributed by atoms with E-state index in [2.05, 4.69) is 21.2 Å². The van der Waals surface area contributed by atoms with Crippen molar-refractivity contribution >= 4 is 25.8 Å². The summed E-state index contributed by atoms with van der Waals surface area (Å²) in [5.74, 6) is 0. The lowest BCUT2D eigenvalue weighted by atomic mass is 10.1. The molecule has 2 rings (SSSR count). The molecule has 1 fully saturated rings. The van der Waals surface area contributed by atoms with Crippen LogP contribution in [-0.2, 0) is 9.84 Å². The first-order valence-corrected chi connectivity index (χ1v) is 7.90. The molecule has 0 aromatic heterocycles. The van der Waals surface area contributed by atoms with Gasteiger partial charge in [0.2, 0.25) is 0 Å². The van der Waals surface area contributed by atoms with Crippen LogP contribution in [0.2, 0.25) is 0 Å². The second-order valence-electron chi connectivity index (χ2n) is 4.11. The van der Waals surface area contributed by atoms with Gasteiger partial charge in [0.15, 0.2) is 9.84 Å². The van der Waals surface area contributed by atoms with Crippen LogP contribution in [0.25, 0.3) is 0 Å². The van der Waals surface area contributed by atoms with Crippen LogP contribution in [0, 0.1) is 0 Å². The first-order valence-electron chi connectivity index (χ1n) is 5.21. The number of hydrogen-bond donors (Lipinski definition) is 1. The molecule has 88 valence electrons. The van der Waals surface area contributed by atoms with Crippen molar-refractivity contribution in [1.29, 1.82) is 0 Å². The molecule has 0 aliphatic carbocycles. The molecule has 0 spiro atoms. The molecule has 1 saturated heterocycles. The molecule has 1 atom stereocenters. The number of rotatable bonds is 2. The maximum atomic E-state index is 11.4. The predicted octanol–water partition coefficient (Wildman–Crippen LogP) is 2.28. The van der Waals surface area contributed by atoms with Crippen LogP contribution in [0.1, 0.15) is 24.4 Å². The van der Waals surface area contributed by atoms with Crippen LogP contribution in [-0.4, -0.2) is 21.2 Å². The van der Waals surface area contributed by atoms with E-state index in [1.54, 1.807) is 6.07 Å². The van der Waals surface area contributed by atoms with Crippen molar-refractivity contribution < 1.29 is 8.42 Å². The third-order valence-electron chi connectivity index (χ3n) is 2.82. The van der Waals surface area contributed by atoms with Gasteiger partial charge in [-0.1, -0.05) is 6.07 Å². The zero-order valence-corrected chi connectivity index (χ0v) is 11.4. The molecule has 3 nitrogen and oxygen atoms in total. The van der Waals surface area contributed by atoms with Gasteiger partial charge in [-0.3, -0.25) is 0 Å². The molecule has 1 aliphatic rings. The summed E-state index contributed by atoms with van der Waals surface area (Å²) < 4.78 is 23.5. The Morgan fingerprint density at radius 2 is 2.19 bits per heavy atom. The van der Waals surface area contributed by atoms with Crippen molar-refractivity contribution in [1.82, 2.24) is 5.32 Å². The maximum Gasteiger partial charge on any atom is 0.176 e. The molecule has 1 unspecified atom stereocenters. The van der Waals surface area contributed by atoms with Gasteiger partial charge < -0.3 is 5.32 Å². The Morgan fingerprint density at radius 3 is 2.69 bits per heavy atom. The fourth-order valence-electron chi connectivity index (χ4n) is 2.00. The fraction of sp³-hybridized carbons (Fsp3) is 0.455. The topological polar surface area (TPSA) is 46.2 Å². The van der Waals surface area contributed by atoms with E-state index in [4.69, 9.17) is 0 Å². The van der Waals surface area contributed by atoms with Gasteiger partial charge in [0.1, 0.15) is 0 Å². The van der Waals surface area contributed by atoms with E-state index in [1.807, 2.05) is 12.1 Å². The molecule has 1 N–H and O–H groups in total. The lowest BCUT2D eigenvalue weighted by Crippen LogP contribution is -2.13. The van der Waals surface area contributed by atoms with Gasteiger partial charge in [-0.05, 0) is 53.0 Å². The van der Waals surface area contributed by atoms with Gasteiger partial charge in [0.05, 0.1) is 4.90 Å². The molecule has 16 heavy (non-hydrogen) atoms. The van der Waals surface area contributed by atoms with E-state index in [9.17, 15) is 8.42 Å². The highest BCUT2D eigenvalue weighted by molar-refractivity contribution is 9.10. The van der Waals surface area contributed by atoms with Crippen LogP contribution in [0.3, 0.4) is 0 Å². The van der Waals surface area contributed by atoms with Gasteiger partial charge in [-0.15, -0.1) is 0 Å². The standard InChI is InChI=1S/C11H14BrNO2S/c1-16(14,15)11-5-4-8(7-9(11)12)10-3-2-6-13-10/h4-5,7,10,13H,2-3,6H2,1H3. The zero-order chi connectivity index (χ0) is 11.8. The largest absolute Gasteiger partial charge is 0.310 e. The quantitative estimate of drug-likeness (QED) is 0.912. The minimum Gasteiger partial charge on any atom is -0.310 e. The first kappa shape index (κ1) is 12.1. The van der Waals surface area contributed by atoms with Gasteiger partial charge in [-0.2, -0.15) is 0 Å². The molecular formula is C11H14BrNO2S. The van der Waals surface area contributed by atoms with Crippen LogP contribution < -0.4 is 5.32 Å². The minimum atomic E-state index is -3.14. The number of nitrogens with one attached hydrogen (secondary N) is 1. The molecule has 0 amide bonds. The zero-order valence-electron chi connectivity index (χ0n) is 9.03. The van der Waals surface area contributed by atoms with Gasteiger partial charge in [-0.25, -0.2) is 8.42 Å². The summed E-state index contributed by atoms with van der Waals surface area (Å²) in [4.78, 5) is 0.356. The Morgan fingerprint density at radius 1 is 1.44 bits per heavy atom. The molecule has 1 aromatic carbocycles. The van der Waals surface area contributed by atoms with Crippen molar-refractivity contribution in [2.75, 3.05) is 12.8 Å². The summed E-state index contributed by atoms with van der Waals surface area (Å²) in [5, 5.41) is 3.39. The molecule has 0 bridgehead atoms. The van der Waals surface area contributed by atoms with Crippen LogP contribution in [0.5, 0.6) is 0 Å². The van der Waals surface area contributed by atoms with Gasteiger partial charge >= 0.3 is 0 Å². The highest BCUT2D eigenvalue weighted by Crippen LogP contribution is 2.29. The van der Waals surface area contributed by atoms with Gasteiger partial charge in [0, 0.05) is 16.8 Å². The average molecular weight is 304 g/mol. The van der Waals surface area contributed by atoms with Crippen molar-refractivity contribution in [3.63, 3.8) is 0 Å². The smallest absolute Gasteiger partial charge is 0.176 e. The summed E-state index contributed by atoms with van der Waals surface area (Å²) in [6, 6.07) is 5.84. The van der Waals surface area contributed by atoms with E-state index >= 15 is 0 Å². The highest BCUT2D eigenvalue weighted by Gasteiger charge is 2.18. The van der Waals surface area contributed by atoms with E-state index < -0.39 is 9.84 Å². The number of sulfone groups is 1. The molecule has 5 heteroatoms. The Bertz CT molecular complexity index is 493. The van der Waals surface area contributed by atoms with Crippen molar-refractivity contribution in [3.8, 4) is 0 Å². The predicted molar refractivity (Wildman–Crippen MR) is 67.2 cm³/mol. The Labute approximate surface area is 104 Å². The lowest BCUT2D eigenvalue weighted by Gasteiger charge is -2.12. The number of benzene rings is 1. The summed E-state index contributed by atoms with van der Waals surface area (Å²) >= 11 is 3.32. The summed E-state index contributed by atoms with van der Waals surface area (Å²) in [6.45, 7) is 1.04. The molecular weight excluding hydrogens is 290 g/mol. The van der Waals surface area contributed by atoms with Crippen LogP contribution in [0.4, 0.5) is 0 Å². The molecule has 1 aliphatic heterocycles. The van der Waals surface area contributed by atoms with Crippen LogP contribution in [0.15, 0.2) is 27.6 Å². The summed E-state index contributed by atoms with van der Waals surface area (Å²) in [5.41, 5.74) is 1.15. The van der Waals surface area contributed by atoms with Gasteiger partial charge in [0.25, 0.3) is 0 Å². The second-order valence-corrected chi connectivity index (χ2v) is 6.95. The van der Waals surface area contributed by atoms with E-state index in [1.165, 1.54) is 12.7 Å². The first-order chi connectivity index (χ1) is 7.48. The summed E-state index contributed by atoms with van der Waals surface area (Å²) in [6.07, 6.45) is 3.52. The Kier molecular flexibility index (Phi) is 3.37. The highest BCUT2D eigenvalue weighted by atomic mass is 79.9. The van der Waals surface area contributed by atoms with Crippen molar-refractivity contribution in [3.05, 3.63) is 28.2 Å². The monoisotopic (exact) mass is 303 g/mol. The third kappa shape index (κ3) is 2.47. The van der Waals surface area contributed by atoms with Crippen molar-refractivity contribution in [2.45, 2.75) is 23.8 Å². The van der Waals surface area contributed by atoms with Crippen LogP contribution >= 0.6 is 15.9 Å². The number of halogens is 1. The molecule has 0 saturated carbocycles. The average Bonchev–Trinajstić information content (AvgIpc) is 2.68. The summed E-state index contributed by atoms with van der Waals surface area (Å²) in [7, 11) is -3.14. The Hall–Kier alpha value is -0.390. The molecule has 1 aromatic rings. The molecule has 0 radical (unpaired) electrons. The second kappa shape index (κ2) is 4.47. The fourth-order valence-corrected chi connectivity index (χ4v) is 4.01. The minimum absolute atomic E-state index is 0.356. The lowest BCUT2D eigenvalue weighted by molar-refractivity contribution is 0.601. The van der Waals surface area contributed by atoms with E-state index in [0.29, 0.717) is 15.4 Å². The maximum absolute atomic E-state index is 11.4. The van der Waals surface area contributed by atoms with Crippen molar-refractivity contribution in [2.24, 2.45) is 0 Å². The van der Waals surface area contributed by atoms with E-state index in [-0.39, 0.29) is 0 Å². The third-order valence-corrected chi connectivity index (χ3v) is 4.89.